The molecule has 3 aliphatic heterocycles. The second-order valence-electron chi connectivity index (χ2n) is 13.7. The van der Waals surface area contributed by atoms with Crippen molar-refractivity contribution in [3.8, 4) is 51.7 Å². The van der Waals surface area contributed by atoms with Gasteiger partial charge >= 0.3 is 0 Å². The Morgan fingerprint density at radius 1 is 0.632 bits per heavy atom. The van der Waals surface area contributed by atoms with Crippen LogP contribution in [0.3, 0.4) is 0 Å². The maximum Gasteiger partial charge on any atom is 0.229 e. The largest absolute Gasteiger partial charge is 0.502 e. The van der Waals surface area contributed by atoms with Crippen molar-refractivity contribution < 1.29 is 87.9 Å². The van der Waals surface area contributed by atoms with Crippen LogP contribution in [0.5, 0.6) is 51.7 Å². The Kier molecular flexibility index (Phi) is 13.3. The van der Waals surface area contributed by atoms with Gasteiger partial charge < -0.3 is 87.9 Å². The first-order valence-corrected chi connectivity index (χ1v) is 18.1. The molecule has 18 heteroatoms. The van der Waals surface area contributed by atoms with Crippen LogP contribution >= 0.6 is 0 Å². The van der Waals surface area contributed by atoms with E-state index in [2.05, 4.69) is 0 Å². The van der Waals surface area contributed by atoms with Crippen molar-refractivity contribution in [3.05, 3.63) is 53.1 Å². The van der Waals surface area contributed by atoms with Crippen molar-refractivity contribution in [2.45, 2.75) is 55.1 Å². The minimum absolute atomic E-state index is 0.00764. The Labute approximate surface area is 328 Å². The number of rotatable bonds is 16. The highest BCUT2D eigenvalue weighted by Gasteiger charge is 2.49. The van der Waals surface area contributed by atoms with Gasteiger partial charge in [-0.2, -0.15) is 0 Å². The van der Waals surface area contributed by atoms with Gasteiger partial charge in [-0.1, -0.05) is 0 Å². The van der Waals surface area contributed by atoms with E-state index in [-0.39, 0.29) is 75.2 Å². The third kappa shape index (κ3) is 8.01. The van der Waals surface area contributed by atoms with Gasteiger partial charge in [-0.15, -0.1) is 0 Å². The Morgan fingerprint density at radius 2 is 1.09 bits per heavy atom. The maximum absolute atomic E-state index is 11.6. The summed E-state index contributed by atoms with van der Waals surface area (Å²) in [6.07, 6.45) is -11.3. The third-order valence-electron chi connectivity index (χ3n) is 10.6. The molecule has 0 saturated carbocycles. The van der Waals surface area contributed by atoms with Crippen molar-refractivity contribution in [1.29, 1.82) is 0 Å². The summed E-state index contributed by atoms with van der Waals surface area (Å²) in [7, 11) is 8.44. The number of phenols is 1. The molecule has 3 aromatic rings. The molecule has 18 nitrogen and oxygen atoms in total. The minimum atomic E-state index is -1.71. The summed E-state index contributed by atoms with van der Waals surface area (Å²) in [5.74, 6) is 0.826. The summed E-state index contributed by atoms with van der Waals surface area (Å²) >= 11 is 0. The van der Waals surface area contributed by atoms with E-state index in [4.69, 9.17) is 52.1 Å². The molecule has 3 heterocycles. The molecule has 7 N–H and O–H groups in total. The van der Waals surface area contributed by atoms with Crippen LogP contribution in [0.1, 0.15) is 35.0 Å². The molecule has 314 valence electrons. The zero-order valence-electron chi connectivity index (χ0n) is 32.3. The lowest BCUT2D eigenvalue weighted by Crippen LogP contribution is -2.60. The predicted molar refractivity (Wildman–Crippen MR) is 196 cm³/mol. The van der Waals surface area contributed by atoms with E-state index in [9.17, 15) is 35.7 Å². The van der Waals surface area contributed by atoms with E-state index in [1.807, 2.05) is 0 Å². The number of aliphatic hydroxyl groups excluding tert-OH is 6. The number of methoxy groups -OCH3 is 6. The molecule has 3 saturated heterocycles. The van der Waals surface area contributed by atoms with E-state index in [1.165, 1.54) is 54.8 Å². The second-order valence-corrected chi connectivity index (χ2v) is 13.7. The molecular formula is C39H50O18. The third-order valence-corrected chi connectivity index (χ3v) is 10.6. The van der Waals surface area contributed by atoms with Gasteiger partial charge in [0, 0.05) is 11.8 Å². The molecule has 3 aromatic carbocycles. The van der Waals surface area contributed by atoms with Crippen molar-refractivity contribution >= 4 is 0 Å². The van der Waals surface area contributed by atoms with Crippen molar-refractivity contribution in [2.24, 2.45) is 11.8 Å². The summed E-state index contributed by atoms with van der Waals surface area (Å²) in [4.78, 5) is 0. The molecule has 3 fully saturated rings. The minimum Gasteiger partial charge on any atom is -0.502 e. The number of ether oxygens (including phenoxy) is 11. The topological polar surface area (TPSA) is 243 Å². The smallest absolute Gasteiger partial charge is 0.229 e. The normalized spacial score (nSPS) is 27.9. The van der Waals surface area contributed by atoms with Gasteiger partial charge in [-0.3, -0.25) is 0 Å². The second kappa shape index (κ2) is 18.0. The van der Waals surface area contributed by atoms with Gasteiger partial charge in [0.1, 0.15) is 30.5 Å². The lowest BCUT2D eigenvalue weighted by molar-refractivity contribution is -0.277. The van der Waals surface area contributed by atoms with Gasteiger partial charge in [-0.05, 0) is 53.1 Å². The van der Waals surface area contributed by atoms with Crippen LogP contribution in [0.4, 0.5) is 0 Å². The first kappa shape index (κ1) is 42.1. The van der Waals surface area contributed by atoms with Gasteiger partial charge in [0.05, 0.1) is 81.3 Å². The molecule has 0 amide bonds. The number of fused-ring (bicyclic) bond motifs is 1. The van der Waals surface area contributed by atoms with E-state index >= 15 is 0 Å². The van der Waals surface area contributed by atoms with Crippen molar-refractivity contribution in [3.63, 3.8) is 0 Å². The number of benzene rings is 3. The van der Waals surface area contributed by atoms with Crippen LogP contribution in [0.15, 0.2) is 36.4 Å². The van der Waals surface area contributed by atoms with Crippen LogP contribution in [-0.2, 0) is 14.2 Å². The Hall–Kier alpha value is -4.50. The highest BCUT2D eigenvalue weighted by Crippen LogP contribution is 2.54. The van der Waals surface area contributed by atoms with Crippen molar-refractivity contribution in [1.82, 2.24) is 0 Å². The summed E-state index contributed by atoms with van der Waals surface area (Å²) < 4.78 is 63.4. The molecular weight excluding hydrogens is 756 g/mol. The lowest BCUT2D eigenvalue weighted by Gasteiger charge is -2.39. The van der Waals surface area contributed by atoms with E-state index in [0.717, 1.165) is 11.1 Å². The predicted octanol–water partition coefficient (Wildman–Crippen LogP) is 1.17. The molecule has 0 radical (unpaired) electrons. The van der Waals surface area contributed by atoms with Crippen LogP contribution in [-0.4, -0.2) is 142 Å². The van der Waals surface area contributed by atoms with E-state index < -0.39 is 62.2 Å². The Morgan fingerprint density at radius 3 is 1.53 bits per heavy atom. The molecule has 0 spiro atoms. The molecule has 11 atom stereocenters. The van der Waals surface area contributed by atoms with Crippen LogP contribution in [0, 0.1) is 11.8 Å². The van der Waals surface area contributed by atoms with Gasteiger partial charge in [0.15, 0.2) is 40.6 Å². The number of hydrogen-bond donors (Lipinski definition) is 7. The van der Waals surface area contributed by atoms with Gasteiger partial charge in [0.2, 0.25) is 23.5 Å². The summed E-state index contributed by atoms with van der Waals surface area (Å²) in [6.45, 7) is -0.562. The number of hydrogen-bond acceptors (Lipinski definition) is 18. The number of phenolic OH excluding ortho intramolecular Hbond substituents is 1. The molecule has 11 unspecified atom stereocenters. The number of aliphatic hydroxyl groups is 6. The van der Waals surface area contributed by atoms with Crippen molar-refractivity contribution in [2.75, 3.05) is 69.1 Å². The lowest BCUT2D eigenvalue weighted by atomic mass is 9.84. The SMILES string of the molecule is COc1cc(C2OCC3C(c4cc(OC)c(OC(CO)C(O)c5cc(OC)c(OC6OC(CO)C(O)C(O)C6O)c(OC)c5)c(OC)c4)OCC23)cc(OC)c1O. The standard InChI is InChI=1S/C39H50O18/c1-47-22-9-18(10-23(48-2)31(22)43)35-20-15-54-36(21(20)16-53-35)19-11-26(51-5)37(27(12-19)52-6)55-28(13-40)30(42)17-7-24(49-3)38(25(8-17)50-4)57-39-34(46)33(45)32(44)29(14-41)56-39/h7-12,20-21,28-30,32-36,39-46H,13-16H2,1-6H3. The zero-order chi connectivity index (χ0) is 41.1. The average Bonchev–Trinajstić information content (AvgIpc) is 3.85. The average molecular weight is 807 g/mol. The van der Waals surface area contributed by atoms with Crippen LogP contribution < -0.4 is 37.9 Å². The molecule has 0 aliphatic carbocycles. The van der Waals surface area contributed by atoms with E-state index in [0.29, 0.717) is 13.2 Å². The molecule has 6 rings (SSSR count). The molecule has 0 bridgehead atoms. The fourth-order valence-corrected chi connectivity index (χ4v) is 7.53. The summed E-state index contributed by atoms with van der Waals surface area (Å²) in [6, 6.07) is 9.71. The van der Waals surface area contributed by atoms with E-state index in [1.54, 1.807) is 24.3 Å². The Bertz CT molecular complexity index is 1760. The quantitative estimate of drug-likeness (QED) is 0.107. The first-order chi connectivity index (χ1) is 27.5. The first-order valence-electron chi connectivity index (χ1n) is 18.1. The fraction of sp³-hybridized carbons (Fsp3) is 0.538. The molecule has 3 aliphatic rings. The summed E-state index contributed by atoms with van der Waals surface area (Å²) in [5, 5.41) is 73.1. The molecule has 57 heavy (non-hydrogen) atoms. The highest BCUT2D eigenvalue weighted by molar-refractivity contribution is 5.57. The summed E-state index contributed by atoms with van der Waals surface area (Å²) in [5.41, 5.74) is 1.67. The fourth-order valence-electron chi connectivity index (χ4n) is 7.53. The monoisotopic (exact) mass is 806 g/mol. The van der Waals surface area contributed by atoms with Gasteiger partial charge in [-0.25, -0.2) is 0 Å². The Balaban J connectivity index is 1.23. The van der Waals surface area contributed by atoms with Crippen LogP contribution in [0.2, 0.25) is 0 Å². The zero-order valence-corrected chi connectivity index (χ0v) is 32.3. The highest BCUT2D eigenvalue weighted by atomic mass is 16.7. The number of aromatic hydroxyl groups is 1. The van der Waals surface area contributed by atoms with Crippen LogP contribution in [0.25, 0.3) is 0 Å². The molecule has 0 aromatic heterocycles. The maximum atomic E-state index is 11.6. The van der Waals surface area contributed by atoms with Gasteiger partial charge in [0.25, 0.3) is 0 Å².